The molecule has 2 aromatic carbocycles. The number of carbonyl (C=O) groups is 2. The summed E-state index contributed by atoms with van der Waals surface area (Å²) >= 11 is 0. The topological polar surface area (TPSA) is 82.1 Å². The Labute approximate surface area is 174 Å². The largest absolute Gasteiger partial charge is 0.504 e. The van der Waals surface area contributed by atoms with Gasteiger partial charge in [0, 0.05) is 0 Å². The number of phenols is 1. The Hall–Kier alpha value is -3.54. The van der Waals surface area contributed by atoms with Gasteiger partial charge in [0.05, 0.1) is 38.6 Å². The average molecular weight is 390 g/mol. The van der Waals surface area contributed by atoms with Gasteiger partial charge in [-0.3, -0.25) is 9.59 Å². The third kappa shape index (κ3) is 5.74. The number of rotatable bonds is 9. The van der Waals surface area contributed by atoms with Crippen LogP contribution in [0.3, 0.4) is 0 Å². The molecule has 0 amide bonds. The summed E-state index contributed by atoms with van der Waals surface area (Å²) < 4.78 is 73.8. The lowest BCUT2D eigenvalue weighted by Gasteiger charge is -2.07. The number of hydrogen-bond donors (Lipinski definition) is 1. The van der Waals surface area contributed by atoms with Gasteiger partial charge in [0.1, 0.15) is 0 Å². The number of aromatic hydroxyl groups is 1. The monoisotopic (exact) mass is 390 g/mol. The molecule has 0 aliphatic rings. The van der Waals surface area contributed by atoms with E-state index >= 15 is 0 Å². The summed E-state index contributed by atoms with van der Waals surface area (Å²) in [6, 6.07) is 6.75. The molecular formula is C22H22O6. The van der Waals surface area contributed by atoms with Gasteiger partial charge in [-0.2, -0.15) is 0 Å². The predicted octanol–water partition coefficient (Wildman–Crippen LogP) is 3.67. The van der Waals surface area contributed by atoms with Crippen molar-refractivity contribution < 1.29 is 39.9 Å². The van der Waals surface area contributed by atoms with Gasteiger partial charge in [0.2, 0.25) is 0 Å². The number of phenolic OH excluding ortho intramolecular Hbond substituents is 1. The van der Waals surface area contributed by atoms with Crippen molar-refractivity contribution in [1.29, 1.82) is 0 Å². The fraction of sp³-hybridized carbons (Fsp3) is 0.182. The molecule has 0 saturated heterocycles. The summed E-state index contributed by atoms with van der Waals surface area (Å²) in [4.78, 5) is 24.5. The molecule has 0 aliphatic carbocycles. The fourth-order valence-corrected chi connectivity index (χ4v) is 2.13. The highest BCUT2D eigenvalue weighted by Gasteiger charge is 2.06. The number of hydrogen-bond acceptors (Lipinski definition) is 6. The zero-order valence-corrected chi connectivity index (χ0v) is 14.8. The fourth-order valence-electron chi connectivity index (χ4n) is 2.13. The molecule has 0 atom stereocenters. The van der Waals surface area contributed by atoms with Crippen LogP contribution < -0.4 is 14.2 Å². The Morgan fingerprint density at radius 1 is 0.929 bits per heavy atom. The predicted molar refractivity (Wildman–Crippen MR) is 107 cm³/mol. The molecule has 0 radical (unpaired) electrons. The van der Waals surface area contributed by atoms with E-state index in [1.807, 2.05) is 0 Å². The van der Waals surface area contributed by atoms with Crippen molar-refractivity contribution in [2.75, 3.05) is 21.2 Å². The van der Waals surface area contributed by atoms with Crippen LogP contribution in [0.2, 0.25) is 0 Å². The molecule has 0 aliphatic heterocycles. The quantitative estimate of drug-likeness (QED) is 0.520. The Balaban J connectivity index is 2.21. The summed E-state index contributed by atoms with van der Waals surface area (Å²) in [5.74, 6) is -2.39. The van der Waals surface area contributed by atoms with Crippen molar-refractivity contribution in [2.45, 2.75) is 6.42 Å². The molecule has 2 aromatic rings. The van der Waals surface area contributed by atoms with Crippen LogP contribution in [0, 0.1) is 0 Å². The number of benzene rings is 2. The smallest absolute Gasteiger partial charge is 0.163 e. The first-order chi connectivity index (χ1) is 16.6. The van der Waals surface area contributed by atoms with Crippen molar-refractivity contribution in [3.63, 3.8) is 0 Å². The minimum atomic E-state index is -2.94. The first kappa shape index (κ1) is 12.0. The van der Waals surface area contributed by atoms with E-state index in [9.17, 15) is 14.7 Å². The maximum atomic E-state index is 12.3. The Morgan fingerprint density at radius 2 is 1.50 bits per heavy atom. The molecule has 0 bridgehead atoms. The maximum absolute atomic E-state index is 12.3. The molecule has 0 fully saturated rings. The van der Waals surface area contributed by atoms with E-state index in [0.717, 1.165) is 24.3 Å². The van der Waals surface area contributed by atoms with E-state index in [1.165, 1.54) is 31.4 Å². The molecule has 1 N–H and O–H groups in total. The molecule has 6 nitrogen and oxygen atoms in total. The second-order valence-corrected chi connectivity index (χ2v) is 5.44. The van der Waals surface area contributed by atoms with Gasteiger partial charge in [-0.25, -0.2) is 0 Å². The molecule has 28 heavy (non-hydrogen) atoms. The second kappa shape index (κ2) is 9.97. The maximum Gasteiger partial charge on any atom is 0.163 e. The van der Waals surface area contributed by atoms with Gasteiger partial charge >= 0.3 is 0 Å². The summed E-state index contributed by atoms with van der Waals surface area (Å²) in [6.07, 6.45) is 1.10. The van der Waals surface area contributed by atoms with Crippen LogP contribution in [0.4, 0.5) is 0 Å². The molecular weight excluding hydrogens is 360 g/mol. The molecule has 146 valence electrons. The number of ketones is 2. The van der Waals surface area contributed by atoms with E-state index in [0.29, 0.717) is 0 Å². The lowest BCUT2D eigenvalue weighted by atomic mass is 10.1. The van der Waals surface area contributed by atoms with Crippen LogP contribution in [0.5, 0.6) is 23.0 Å². The first-order valence-electron chi connectivity index (χ1n) is 11.9. The van der Waals surface area contributed by atoms with Crippen LogP contribution in [0.1, 0.15) is 28.5 Å². The second-order valence-electron chi connectivity index (χ2n) is 5.44. The van der Waals surface area contributed by atoms with Gasteiger partial charge in [0.25, 0.3) is 0 Å². The zero-order valence-electron chi connectivity index (χ0n) is 22.8. The molecule has 6 heteroatoms. The van der Waals surface area contributed by atoms with Gasteiger partial charge in [-0.1, -0.05) is 24.2 Å². The van der Waals surface area contributed by atoms with E-state index in [4.69, 9.17) is 25.2 Å². The van der Waals surface area contributed by atoms with E-state index in [-0.39, 0.29) is 28.7 Å². The lowest BCUT2D eigenvalue weighted by Crippen LogP contribution is -2.01. The third-order valence-corrected chi connectivity index (χ3v) is 3.49. The van der Waals surface area contributed by atoms with Crippen LogP contribution in [-0.2, 0) is 9.59 Å². The molecule has 2 rings (SSSR count). The SMILES string of the molecule is [2H]/C(=C\C(=O)CC(=O)/C=C(\[2H])c1ccc(OC([2H])([2H])[2H])c(OC([2H])([2H])[2H])c1)c1ccc(O)c(OC)c1. The van der Waals surface area contributed by atoms with Crippen molar-refractivity contribution >= 4 is 23.7 Å². The number of methoxy groups -OCH3 is 3. The molecule has 0 heterocycles. The summed E-state index contributed by atoms with van der Waals surface area (Å²) in [5.41, 5.74) is 0.268. The Kier molecular flexibility index (Phi) is 4.28. The normalized spacial score (nSPS) is 16.8. The molecule has 0 saturated carbocycles. The number of ether oxygens (including phenoxy) is 3. The Morgan fingerprint density at radius 3 is 2.11 bits per heavy atom. The first-order valence-corrected chi connectivity index (χ1v) is 7.90. The van der Waals surface area contributed by atoms with E-state index < -0.39 is 49.6 Å². The van der Waals surface area contributed by atoms with Crippen molar-refractivity contribution in [3.8, 4) is 23.0 Å². The van der Waals surface area contributed by atoms with Gasteiger partial charge in [0.15, 0.2) is 34.6 Å². The highest BCUT2D eigenvalue weighted by molar-refractivity contribution is 6.10. The Bertz CT molecular complexity index is 1200. The van der Waals surface area contributed by atoms with Crippen molar-refractivity contribution in [3.05, 3.63) is 59.7 Å². The molecule has 0 aromatic heterocycles. The third-order valence-electron chi connectivity index (χ3n) is 3.49. The highest BCUT2D eigenvalue weighted by atomic mass is 16.5. The van der Waals surface area contributed by atoms with Crippen LogP contribution in [0.15, 0.2) is 48.6 Å². The van der Waals surface area contributed by atoms with Gasteiger partial charge in [-0.05, 0) is 47.5 Å². The zero-order chi connectivity index (χ0) is 27.3. The molecule has 0 unspecified atom stereocenters. The van der Waals surface area contributed by atoms with Gasteiger partial charge in [-0.15, -0.1) is 0 Å². The van der Waals surface area contributed by atoms with Crippen LogP contribution in [0.25, 0.3) is 12.1 Å². The lowest BCUT2D eigenvalue weighted by molar-refractivity contribution is -0.121. The van der Waals surface area contributed by atoms with E-state index in [2.05, 4.69) is 0 Å². The highest BCUT2D eigenvalue weighted by Crippen LogP contribution is 2.28. The minimum Gasteiger partial charge on any atom is -0.504 e. The standard InChI is InChI=1S/C22H22O6/c1-26-20-11-7-16(13-22(20)28-3)5-9-18(24)14-17(23)8-4-15-6-10-19(25)21(12-15)27-2/h4-13,25H,14H2,1-3H3/b8-4+,9-5+/i1D3,3D3,4D,5D. The average Bonchev–Trinajstić information content (AvgIpc) is 2.72. The summed E-state index contributed by atoms with van der Waals surface area (Å²) in [5, 5.41) is 9.62. The minimum absolute atomic E-state index is 0.000789. The van der Waals surface area contributed by atoms with Crippen LogP contribution in [-0.4, -0.2) is 37.9 Å². The molecule has 0 spiro atoms. The van der Waals surface area contributed by atoms with Crippen molar-refractivity contribution in [1.82, 2.24) is 0 Å². The van der Waals surface area contributed by atoms with Crippen LogP contribution >= 0.6 is 0 Å². The number of allylic oxidation sites excluding steroid dienone is 2. The van der Waals surface area contributed by atoms with Gasteiger partial charge < -0.3 is 19.3 Å². The van der Waals surface area contributed by atoms with Crippen molar-refractivity contribution in [2.24, 2.45) is 0 Å². The van der Waals surface area contributed by atoms with E-state index in [1.54, 1.807) is 0 Å². The number of carbonyl (C=O) groups excluding carboxylic acids is 2. The summed E-state index contributed by atoms with van der Waals surface area (Å²) in [6.45, 7) is 0. The summed E-state index contributed by atoms with van der Waals surface area (Å²) in [7, 11) is -4.51.